The fourth-order valence-electron chi connectivity index (χ4n) is 2.46. The zero-order chi connectivity index (χ0) is 18.8. The van der Waals surface area contributed by atoms with Crippen LogP contribution in [0.25, 0.3) is 0 Å². The Labute approximate surface area is 152 Å². The lowest BCUT2D eigenvalue weighted by Gasteiger charge is -2.24. The number of hydrogen-bond acceptors (Lipinski definition) is 2. The molecule has 2 rings (SSSR count). The Morgan fingerprint density at radius 1 is 0.885 bits per heavy atom. The average molecular weight is 400 g/mol. The summed E-state index contributed by atoms with van der Waals surface area (Å²) in [5.74, 6) is 0. The van der Waals surface area contributed by atoms with Gasteiger partial charge in [0.2, 0.25) is 0 Å². The van der Waals surface area contributed by atoms with E-state index >= 15 is 0 Å². The molecule has 2 nitrogen and oxygen atoms in total. The summed E-state index contributed by atoms with van der Waals surface area (Å²) < 4.78 is 77.8. The van der Waals surface area contributed by atoms with Gasteiger partial charge in [-0.25, -0.2) is 0 Å². The molecule has 0 aliphatic rings. The van der Waals surface area contributed by atoms with E-state index in [0.717, 1.165) is 0 Å². The van der Waals surface area contributed by atoms with Gasteiger partial charge in [0.15, 0.2) is 0 Å². The van der Waals surface area contributed by atoms with Crippen LogP contribution in [-0.2, 0) is 18.8 Å². The average Bonchev–Trinajstić information content (AvgIpc) is 2.52. The van der Waals surface area contributed by atoms with Crippen molar-refractivity contribution in [3.63, 3.8) is 0 Å². The number of aliphatic hydroxyl groups is 1. The summed E-state index contributed by atoms with van der Waals surface area (Å²) in [5, 5.41) is 10.1. The molecule has 0 radical (unpaired) electrons. The van der Waals surface area contributed by atoms with E-state index in [-0.39, 0.29) is 18.8 Å². The molecule has 2 aromatic carbocycles. The third kappa shape index (κ3) is 5.36. The molecule has 0 bridgehead atoms. The highest BCUT2D eigenvalue weighted by molar-refractivity contribution is 5.85. The number of alkyl halides is 6. The van der Waals surface area contributed by atoms with E-state index in [1.54, 1.807) is 30.3 Å². The number of halogens is 7. The molecule has 0 unspecified atom stereocenters. The van der Waals surface area contributed by atoms with E-state index in [4.69, 9.17) is 5.73 Å². The van der Waals surface area contributed by atoms with Gasteiger partial charge in [-0.2, -0.15) is 26.3 Å². The van der Waals surface area contributed by atoms with Crippen LogP contribution < -0.4 is 5.73 Å². The topological polar surface area (TPSA) is 46.2 Å². The Morgan fingerprint density at radius 2 is 1.46 bits per heavy atom. The van der Waals surface area contributed by atoms with E-state index in [1.165, 1.54) is 0 Å². The zero-order valence-corrected chi connectivity index (χ0v) is 14.0. The molecule has 0 aromatic heterocycles. The van der Waals surface area contributed by atoms with Gasteiger partial charge in [0.1, 0.15) is 0 Å². The molecular formula is C17H16ClF6NO. The molecule has 26 heavy (non-hydrogen) atoms. The minimum atomic E-state index is -4.89. The third-order valence-corrected chi connectivity index (χ3v) is 3.75. The molecular weight excluding hydrogens is 384 g/mol. The predicted octanol–water partition coefficient (Wildman–Crippen LogP) is 4.75. The maximum absolute atomic E-state index is 13.1. The molecule has 0 fully saturated rings. The third-order valence-electron chi connectivity index (χ3n) is 3.75. The van der Waals surface area contributed by atoms with Crippen molar-refractivity contribution >= 4 is 12.4 Å². The Hall–Kier alpha value is -1.77. The van der Waals surface area contributed by atoms with Crippen LogP contribution in [0.1, 0.15) is 28.3 Å². The molecule has 0 saturated heterocycles. The number of nitrogens with two attached hydrogens (primary N) is 1. The maximum atomic E-state index is 13.1. The number of aliphatic hydroxyl groups excluding tert-OH is 1. The van der Waals surface area contributed by atoms with Gasteiger partial charge in [0.25, 0.3) is 0 Å². The van der Waals surface area contributed by atoms with Gasteiger partial charge < -0.3 is 10.8 Å². The first-order valence-corrected chi connectivity index (χ1v) is 7.26. The molecule has 144 valence electrons. The Kier molecular flexibility index (Phi) is 7.09. The molecule has 0 aliphatic carbocycles. The number of rotatable bonds is 4. The summed E-state index contributed by atoms with van der Waals surface area (Å²) >= 11 is 0. The van der Waals surface area contributed by atoms with Gasteiger partial charge in [0, 0.05) is 6.42 Å². The summed E-state index contributed by atoms with van der Waals surface area (Å²) in [6.45, 7) is 0. The summed E-state index contributed by atoms with van der Waals surface area (Å²) in [7, 11) is 0. The minimum absolute atomic E-state index is 0. The normalized spacial score (nSPS) is 14.5. The van der Waals surface area contributed by atoms with Gasteiger partial charge >= 0.3 is 12.4 Å². The molecule has 0 aliphatic heterocycles. The lowest BCUT2D eigenvalue weighted by Crippen LogP contribution is -2.30. The fraction of sp³-hybridized carbons (Fsp3) is 0.294. The van der Waals surface area contributed by atoms with Crippen molar-refractivity contribution in [2.24, 2.45) is 5.73 Å². The lowest BCUT2D eigenvalue weighted by atomic mass is 9.91. The van der Waals surface area contributed by atoms with Crippen molar-refractivity contribution in [1.29, 1.82) is 0 Å². The van der Waals surface area contributed by atoms with Crippen molar-refractivity contribution in [3.05, 3.63) is 70.8 Å². The van der Waals surface area contributed by atoms with Crippen LogP contribution in [0.2, 0.25) is 0 Å². The highest BCUT2D eigenvalue weighted by Crippen LogP contribution is 2.39. The van der Waals surface area contributed by atoms with E-state index in [9.17, 15) is 31.4 Å². The summed E-state index contributed by atoms with van der Waals surface area (Å²) in [6, 6.07) is 7.72. The Balaban J connectivity index is 0.00000338. The van der Waals surface area contributed by atoms with Crippen LogP contribution in [-0.4, -0.2) is 11.2 Å². The van der Waals surface area contributed by atoms with E-state index in [2.05, 4.69) is 0 Å². The second kappa shape index (κ2) is 8.28. The van der Waals surface area contributed by atoms with Gasteiger partial charge in [-0.1, -0.05) is 30.3 Å². The smallest absolute Gasteiger partial charge is 0.391 e. The highest BCUT2D eigenvalue weighted by atomic mass is 35.5. The molecule has 0 spiro atoms. The first-order chi connectivity index (χ1) is 11.5. The standard InChI is InChI=1S/C17H15F6NO.ClH/c18-16(19,20)11-6-7-13(17(21,22)23)12(9-11)15(24)14(25)8-10-4-2-1-3-5-10;/h1-7,9,14-15,25H,8,24H2;1H/t14-,15+;/m1./s1. The first-order valence-electron chi connectivity index (χ1n) is 7.26. The van der Waals surface area contributed by atoms with E-state index in [0.29, 0.717) is 23.8 Å². The van der Waals surface area contributed by atoms with Crippen LogP contribution in [0, 0.1) is 0 Å². The monoisotopic (exact) mass is 399 g/mol. The Morgan fingerprint density at radius 3 is 1.96 bits per heavy atom. The molecule has 3 N–H and O–H groups in total. The van der Waals surface area contributed by atoms with Crippen LogP contribution in [0.4, 0.5) is 26.3 Å². The van der Waals surface area contributed by atoms with Crippen molar-refractivity contribution in [3.8, 4) is 0 Å². The molecule has 9 heteroatoms. The van der Waals surface area contributed by atoms with E-state index in [1.807, 2.05) is 0 Å². The van der Waals surface area contributed by atoms with Crippen LogP contribution in [0.5, 0.6) is 0 Å². The largest absolute Gasteiger partial charge is 0.416 e. The SMILES string of the molecule is Cl.N[C@@H](c1cc(C(F)(F)F)ccc1C(F)(F)F)[C@H](O)Cc1ccccc1. The van der Waals surface area contributed by atoms with Crippen molar-refractivity contribution in [2.75, 3.05) is 0 Å². The van der Waals surface area contributed by atoms with Crippen LogP contribution in [0.3, 0.4) is 0 Å². The second-order valence-corrected chi connectivity index (χ2v) is 5.58. The highest BCUT2D eigenvalue weighted by Gasteiger charge is 2.39. The van der Waals surface area contributed by atoms with E-state index < -0.39 is 41.2 Å². The molecule has 0 heterocycles. The molecule has 2 aromatic rings. The van der Waals surface area contributed by atoms with Crippen LogP contribution in [0.15, 0.2) is 48.5 Å². The number of hydrogen-bond donors (Lipinski definition) is 2. The quantitative estimate of drug-likeness (QED) is 0.729. The van der Waals surface area contributed by atoms with Crippen molar-refractivity contribution in [1.82, 2.24) is 0 Å². The lowest BCUT2D eigenvalue weighted by molar-refractivity contribution is -0.142. The summed E-state index contributed by atoms with van der Waals surface area (Å²) in [4.78, 5) is 0. The van der Waals surface area contributed by atoms with Crippen molar-refractivity contribution < 1.29 is 31.4 Å². The summed E-state index contributed by atoms with van der Waals surface area (Å²) in [5.41, 5.74) is 2.95. The molecule has 0 amide bonds. The molecule has 2 atom stereocenters. The first kappa shape index (κ1) is 22.3. The van der Waals surface area contributed by atoms with Gasteiger partial charge in [-0.05, 0) is 29.3 Å². The Bertz CT molecular complexity index is 717. The number of benzene rings is 2. The maximum Gasteiger partial charge on any atom is 0.416 e. The van der Waals surface area contributed by atoms with Gasteiger partial charge in [-0.3, -0.25) is 0 Å². The second-order valence-electron chi connectivity index (χ2n) is 5.58. The summed E-state index contributed by atoms with van der Waals surface area (Å²) in [6.07, 6.45) is -11.3. The van der Waals surface area contributed by atoms with Crippen molar-refractivity contribution in [2.45, 2.75) is 30.9 Å². The van der Waals surface area contributed by atoms with Gasteiger partial charge in [0.05, 0.1) is 23.3 Å². The fourth-order valence-corrected chi connectivity index (χ4v) is 2.46. The van der Waals surface area contributed by atoms with Gasteiger partial charge in [-0.15, -0.1) is 12.4 Å². The zero-order valence-electron chi connectivity index (χ0n) is 13.2. The van der Waals surface area contributed by atoms with Crippen LogP contribution >= 0.6 is 12.4 Å². The molecule has 0 saturated carbocycles. The predicted molar refractivity (Wildman–Crippen MR) is 86.8 cm³/mol. The minimum Gasteiger partial charge on any atom is -0.391 e.